The molecule has 0 unspecified atom stereocenters. The third kappa shape index (κ3) is 6.13. The first-order valence-corrected chi connectivity index (χ1v) is 9.65. The summed E-state index contributed by atoms with van der Waals surface area (Å²) in [6.45, 7) is 8.36. The Morgan fingerprint density at radius 2 is 1.81 bits per heavy atom. The first-order valence-electron chi connectivity index (χ1n) is 9.65. The lowest BCUT2D eigenvalue weighted by molar-refractivity contribution is -0.150. The van der Waals surface area contributed by atoms with Crippen LogP contribution in [0.4, 0.5) is 4.79 Å². The highest BCUT2D eigenvalue weighted by atomic mass is 16.6. The summed E-state index contributed by atoms with van der Waals surface area (Å²) < 4.78 is 16.5. The average molecular weight is 371 g/mol. The van der Waals surface area contributed by atoms with Gasteiger partial charge in [-0.2, -0.15) is 0 Å². The Bertz CT molecular complexity index is 481. The van der Waals surface area contributed by atoms with E-state index < -0.39 is 17.8 Å². The molecule has 1 saturated carbocycles. The van der Waals surface area contributed by atoms with Gasteiger partial charge in [0.15, 0.2) is 0 Å². The van der Waals surface area contributed by atoms with Gasteiger partial charge in [0.25, 0.3) is 0 Å². The highest BCUT2D eigenvalue weighted by molar-refractivity contribution is 5.72. The van der Waals surface area contributed by atoms with E-state index in [1.807, 2.05) is 27.7 Å². The van der Waals surface area contributed by atoms with Gasteiger partial charge in [0.2, 0.25) is 0 Å². The fourth-order valence-corrected chi connectivity index (χ4v) is 3.57. The van der Waals surface area contributed by atoms with Crippen LogP contribution in [-0.2, 0) is 19.0 Å². The van der Waals surface area contributed by atoms with E-state index in [1.165, 1.54) is 0 Å². The van der Waals surface area contributed by atoms with Crippen LogP contribution in [0, 0.1) is 5.92 Å². The third-order valence-corrected chi connectivity index (χ3v) is 4.84. The molecule has 2 fully saturated rings. The minimum Gasteiger partial charge on any atom is -0.466 e. The van der Waals surface area contributed by atoms with E-state index in [9.17, 15) is 14.7 Å². The number of amides is 1. The van der Waals surface area contributed by atoms with Crippen LogP contribution >= 0.6 is 0 Å². The molecule has 0 radical (unpaired) electrons. The summed E-state index contributed by atoms with van der Waals surface area (Å²) in [5.74, 6) is -0.137. The van der Waals surface area contributed by atoms with Crippen molar-refractivity contribution in [3.8, 4) is 0 Å². The number of ether oxygens (including phenoxy) is 3. The quantitative estimate of drug-likeness (QED) is 0.748. The van der Waals surface area contributed by atoms with Gasteiger partial charge in [-0.1, -0.05) is 0 Å². The molecular weight excluding hydrogens is 338 g/mol. The van der Waals surface area contributed by atoms with Crippen molar-refractivity contribution >= 4 is 12.1 Å². The van der Waals surface area contributed by atoms with Gasteiger partial charge in [0.05, 0.1) is 43.9 Å². The second-order valence-electron chi connectivity index (χ2n) is 8.24. The second kappa shape index (κ2) is 9.04. The molecular formula is C19H33NO6. The molecule has 1 saturated heterocycles. The number of carbonyl (C=O) groups is 2. The zero-order valence-electron chi connectivity index (χ0n) is 16.4. The summed E-state index contributed by atoms with van der Waals surface area (Å²) in [6.07, 6.45) is 2.79. The molecule has 26 heavy (non-hydrogen) atoms. The predicted molar refractivity (Wildman–Crippen MR) is 95.7 cm³/mol. The lowest BCUT2D eigenvalue weighted by atomic mass is 9.87. The molecule has 0 spiro atoms. The highest BCUT2D eigenvalue weighted by Gasteiger charge is 2.37. The molecule has 1 aliphatic heterocycles. The fraction of sp³-hybridized carbons (Fsp3) is 0.895. The second-order valence-corrected chi connectivity index (χ2v) is 8.24. The SMILES string of the molecule is CCOC(=O)[C@H]1CC[C@@H](OC[C@@H]2C[C@@H](O)CN2C(=O)OC(C)(C)C)CC1. The Labute approximate surface area is 156 Å². The minimum absolute atomic E-state index is 0.0265. The van der Waals surface area contributed by atoms with Crippen LogP contribution in [0.2, 0.25) is 0 Å². The Kier molecular flexibility index (Phi) is 7.29. The van der Waals surface area contributed by atoms with Crippen molar-refractivity contribution in [1.29, 1.82) is 0 Å². The van der Waals surface area contributed by atoms with E-state index in [0.29, 0.717) is 19.6 Å². The monoisotopic (exact) mass is 371 g/mol. The van der Waals surface area contributed by atoms with Gasteiger partial charge in [-0.3, -0.25) is 4.79 Å². The van der Waals surface area contributed by atoms with Crippen LogP contribution in [0.3, 0.4) is 0 Å². The van der Waals surface area contributed by atoms with E-state index in [-0.39, 0.29) is 30.6 Å². The smallest absolute Gasteiger partial charge is 0.410 e. The number of aliphatic hydroxyl groups is 1. The Hall–Kier alpha value is -1.34. The van der Waals surface area contributed by atoms with Crippen molar-refractivity contribution in [1.82, 2.24) is 4.90 Å². The molecule has 7 heteroatoms. The van der Waals surface area contributed by atoms with Gasteiger partial charge in [-0.15, -0.1) is 0 Å². The number of rotatable bonds is 5. The van der Waals surface area contributed by atoms with Crippen LogP contribution in [0.5, 0.6) is 0 Å². The van der Waals surface area contributed by atoms with Gasteiger partial charge in [-0.05, 0) is 59.8 Å². The molecule has 1 heterocycles. The maximum Gasteiger partial charge on any atom is 0.410 e. The van der Waals surface area contributed by atoms with E-state index >= 15 is 0 Å². The van der Waals surface area contributed by atoms with Crippen molar-refractivity contribution in [2.24, 2.45) is 5.92 Å². The predicted octanol–water partition coefficient (Wildman–Crippen LogP) is 2.50. The van der Waals surface area contributed by atoms with Crippen LogP contribution in [0.25, 0.3) is 0 Å². The van der Waals surface area contributed by atoms with Crippen LogP contribution in [-0.4, -0.2) is 65.7 Å². The Balaban J connectivity index is 1.79. The molecule has 0 bridgehead atoms. The lowest BCUT2D eigenvalue weighted by Gasteiger charge is -2.31. The first-order chi connectivity index (χ1) is 12.2. The number of nitrogens with zero attached hydrogens (tertiary/aromatic N) is 1. The Morgan fingerprint density at radius 3 is 2.38 bits per heavy atom. The zero-order valence-corrected chi connectivity index (χ0v) is 16.4. The first kappa shape index (κ1) is 21.0. The maximum atomic E-state index is 12.3. The van der Waals surface area contributed by atoms with E-state index in [0.717, 1.165) is 25.7 Å². The minimum atomic E-state index is -0.568. The van der Waals surface area contributed by atoms with Gasteiger partial charge in [0, 0.05) is 0 Å². The summed E-state index contributed by atoms with van der Waals surface area (Å²) >= 11 is 0. The fourth-order valence-electron chi connectivity index (χ4n) is 3.57. The van der Waals surface area contributed by atoms with Crippen molar-refractivity contribution in [2.75, 3.05) is 19.8 Å². The molecule has 0 aromatic rings. The van der Waals surface area contributed by atoms with Crippen molar-refractivity contribution in [3.63, 3.8) is 0 Å². The van der Waals surface area contributed by atoms with Crippen molar-refractivity contribution < 1.29 is 28.9 Å². The normalized spacial score (nSPS) is 29.5. The van der Waals surface area contributed by atoms with E-state index in [2.05, 4.69) is 0 Å². The van der Waals surface area contributed by atoms with Gasteiger partial charge >= 0.3 is 12.1 Å². The lowest BCUT2D eigenvalue weighted by Crippen LogP contribution is -2.42. The van der Waals surface area contributed by atoms with Gasteiger partial charge in [0.1, 0.15) is 5.60 Å². The van der Waals surface area contributed by atoms with Gasteiger partial charge < -0.3 is 24.2 Å². The van der Waals surface area contributed by atoms with Crippen molar-refractivity contribution in [3.05, 3.63) is 0 Å². The van der Waals surface area contributed by atoms with Gasteiger partial charge in [-0.25, -0.2) is 4.79 Å². The zero-order chi connectivity index (χ0) is 19.3. The van der Waals surface area contributed by atoms with Crippen LogP contribution < -0.4 is 0 Å². The number of likely N-dealkylation sites (tertiary alicyclic amines) is 1. The largest absolute Gasteiger partial charge is 0.466 e. The van der Waals surface area contributed by atoms with Crippen LogP contribution in [0.15, 0.2) is 0 Å². The molecule has 0 aromatic carbocycles. The van der Waals surface area contributed by atoms with Crippen molar-refractivity contribution in [2.45, 2.75) is 83.6 Å². The number of hydrogen-bond acceptors (Lipinski definition) is 6. The third-order valence-electron chi connectivity index (χ3n) is 4.84. The van der Waals surface area contributed by atoms with Crippen LogP contribution in [0.1, 0.15) is 59.8 Å². The Morgan fingerprint density at radius 1 is 1.15 bits per heavy atom. The molecule has 2 aliphatic rings. The van der Waals surface area contributed by atoms with E-state index in [4.69, 9.17) is 14.2 Å². The number of esters is 1. The average Bonchev–Trinajstić information content (AvgIpc) is 2.93. The summed E-state index contributed by atoms with van der Waals surface area (Å²) in [4.78, 5) is 25.7. The maximum absolute atomic E-state index is 12.3. The molecule has 1 N–H and O–H groups in total. The summed E-state index contributed by atoms with van der Waals surface area (Å²) in [5, 5.41) is 9.94. The molecule has 7 nitrogen and oxygen atoms in total. The number of carbonyl (C=O) groups excluding carboxylic acids is 2. The summed E-state index contributed by atoms with van der Waals surface area (Å²) in [6, 6.07) is -0.178. The molecule has 1 aliphatic carbocycles. The summed E-state index contributed by atoms with van der Waals surface area (Å²) in [7, 11) is 0. The molecule has 150 valence electrons. The topological polar surface area (TPSA) is 85.3 Å². The summed E-state index contributed by atoms with van der Waals surface area (Å²) in [5.41, 5.74) is -0.568. The number of aliphatic hydroxyl groups excluding tert-OH is 1. The number of hydrogen-bond donors (Lipinski definition) is 1. The molecule has 2 rings (SSSR count). The number of β-amino-alcohol motifs (C(OH)–C–C–N with tert-alkyl or cyclic N) is 1. The highest BCUT2D eigenvalue weighted by Crippen LogP contribution is 2.28. The van der Waals surface area contributed by atoms with E-state index in [1.54, 1.807) is 4.90 Å². The molecule has 2 atom stereocenters. The molecule has 1 amide bonds. The standard InChI is InChI=1S/C19H33NO6/c1-5-24-17(22)13-6-8-16(9-7-13)25-12-14-10-15(21)11-20(14)18(23)26-19(2,3)4/h13-16,21H,5-12H2,1-4H3/t13-,14-,15+,16+/m0/s1. The molecule has 0 aromatic heterocycles.